The Hall–Kier alpha value is -2.10. The van der Waals surface area contributed by atoms with Gasteiger partial charge in [-0.15, -0.1) is 0 Å². The lowest BCUT2D eigenvalue weighted by Crippen LogP contribution is -2.37. The summed E-state index contributed by atoms with van der Waals surface area (Å²) in [6, 6.07) is 12.7. The standard InChI is InChI=1S/C22H30N4/c1-17-10-13-25(14-11-17)22-23-20(19-8-4-3-5-9-19)15-21(24-22)26-12-6-7-18(2)16-26/h3-5,8-9,15,17-18H,6-7,10-14,16H2,1-2H3. The average Bonchev–Trinajstić information content (AvgIpc) is 2.69. The van der Waals surface area contributed by atoms with E-state index in [0.29, 0.717) is 0 Å². The van der Waals surface area contributed by atoms with Crippen LogP contribution in [0.5, 0.6) is 0 Å². The van der Waals surface area contributed by atoms with Crippen molar-refractivity contribution in [1.82, 2.24) is 9.97 Å². The molecule has 0 spiro atoms. The first kappa shape index (κ1) is 17.3. The zero-order valence-electron chi connectivity index (χ0n) is 16.1. The van der Waals surface area contributed by atoms with Gasteiger partial charge >= 0.3 is 0 Å². The summed E-state index contributed by atoms with van der Waals surface area (Å²) in [7, 11) is 0. The highest BCUT2D eigenvalue weighted by Crippen LogP contribution is 2.29. The molecule has 2 aromatic rings. The van der Waals surface area contributed by atoms with Crippen LogP contribution in [0.2, 0.25) is 0 Å². The molecule has 3 heterocycles. The van der Waals surface area contributed by atoms with Crippen LogP contribution in [-0.4, -0.2) is 36.1 Å². The zero-order valence-corrected chi connectivity index (χ0v) is 16.1. The van der Waals surface area contributed by atoms with Gasteiger partial charge < -0.3 is 9.80 Å². The number of anilines is 2. The molecule has 1 unspecified atom stereocenters. The fraction of sp³-hybridized carbons (Fsp3) is 0.545. The lowest BCUT2D eigenvalue weighted by molar-refractivity contribution is 0.432. The second-order valence-electron chi connectivity index (χ2n) is 8.14. The van der Waals surface area contributed by atoms with Crippen molar-refractivity contribution in [3.63, 3.8) is 0 Å². The smallest absolute Gasteiger partial charge is 0.227 e. The first-order valence-electron chi connectivity index (χ1n) is 10.1. The molecule has 26 heavy (non-hydrogen) atoms. The van der Waals surface area contributed by atoms with Crippen LogP contribution in [0, 0.1) is 11.8 Å². The number of hydrogen-bond donors (Lipinski definition) is 0. The van der Waals surface area contributed by atoms with Crippen molar-refractivity contribution in [2.75, 3.05) is 36.0 Å². The highest BCUT2D eigenvalue weighted by Gasteiger charge is 2.23. The second kappa shape index (κ2) is 7.65. The third kappa shape index (κ3) is 3.84. The van der Waals surface area contributed by atoms with Gasteiger partial charge in [-0.2, -0.15) is 4.98 Å². The van der Waals surface area contributed by atoms with Gasteiger partial charge in [0.25, 0.3) is 0 Å². The maximum atomic E-state index is 5.01. The third-order valence-electron chi connectivity index (χ3n) is 5.82. The van der Waals surface area contributed by atoms with E-state index < -0.39 is 0 Å². The summed E-state index contributed by atoms with van der Waals surface area (Å²) in [6.07, 6.45) is 5.04. The van der Waals surface area contributed by atoms with Crippen LogP contribution in [-0.2, 0) is 0 Å². The predicted octanol–water partition coefficient (Wildman–Crippen LogP) is 4.62. The predicted molar refractivity (Wildman–Crippen MR) is 109 cm³/mol. The molecular formula is C22H30N4. The van der Waals surface area contributed by atoms with Gasteiger partial charge in [0.2, 0.25) is 5.95 Å². The molecule has 1 atom stereocenters. The Balaban J connectivity index is 1.69. The molecule has 0 aliphatic carbocycles. The Labute approximate surface area is 157 Å². The van der Waals surface area contributed by atoms with Crippen LogP contribution in [0.1, 0.15) is 39.5 Å². The Bertz CT molecular complexity index is 722. The minimum atomic E-state index is 0.734. The van der Waals surface area contributed by atoms with Crippen molar-refractivity contribution < 1.29 is 0 Å². The summed E-state index contributed by atoms with van der Waals surface area (Å²) in [4.78, 5) is 14.8. The van der Waals surface area contributed by atoms with Crippen LogP contribution in [0.4, 0.5) is 11.8 Å². The molecule has 2 aliphatic heterocycles. The van der Waals surface area contributed by atoms with Crippen molar-refractivity contribution in [3.05, 3.63) is 36.4 Å². The summed E-state index contributed by atoms with van der Waals surface area (Å²) in [5.74, 6) is 3.55. The molecule has 2 saturated heterocycles. The normalized spacial score (nSPS) is 21.8. The van der Waals surface area contributed by atoms with Crippen LogP contribution in [0.3, 0.4) is 0 Å². The molecule has 138 valence electrons. The molecule has 0 amide bonds. The largest absolute Gasteiger partial charge is 0.356 e. The van der Waals surface area contributed by atoms with E-state index in [0.717, 1.165) is 55.5 Å². The Kier molecular flexibility index (Phi) is 5.09. The minimum Gasteiger partial charge on any atom is -0.356 e. The van der Waals surface area contributed by atoms with Crippen molar-refractivity contribution in [1.29, 1.82) is 0 Å². The monoisotopic (exact) mass is 350 g/mol. The molecule has 0 saturated carbocycles. The van der Waals surface area contributed by atoms with Gasteiger partial charge in [-0.25, -0.2) is 4.98 Å². The minimum absolute atomic E-state index is 0.734. The van der Waals surface area contributed by atoms with Gasteiger partial charge in [0.05, 0.1) is 5.69 Å². The van der Waals surface area contributed by atoms with Crippen LogP contribution >= 0.6 is 0 Å². The average molecular weight is 351 g/mol. The number of piperidine rings is 2. The number of rotatable bonds is 3. The molecule has 0 radical (unpaired) electrons. The van der Waals surface area contributed by atoms with E-state index in [1.54, 1.807) is 0 Å². The Morgan fingerprint density at radius 3 is 2.35 bits per heavy atom. The van der Waals surface area contributed by atoms with Crippen molar-refractivity contribution in [2.24, 2.45) is 11.8 Å². The molecule has 1 aromatic carbocycles. The topological polar surface area (TPSA) is 32.3 Å². The number of benzene rings is 1. The maximum absolute atomic E-state index is 5.01. The van der Waals surface area contributed by atoms with Crippen molar-refractivity contribution in [3.8, 4) is 11.3 Å². The fourth-order valence-corrected chi connectivity index (χ4v) is 4.09. The second-order valence-corrected chi connectivity index (χ2v) is 8.14. The first-order chi connectivity index (χ1) is 12.7. The van der Waals surface area contributed by atoms with Crippen molar-refractivity contribution in [2.45, 2.75) is 39.5 Å². The first-order valence-corrected chi connectivity index (χ1v) is 10.1. The van der Waals surface area contributed by atoms with Crippen LogP contribution in [0.15, 0.2) is 36.4 Å². The maximum Gasteiger partial charge on any atom is 0.227 e. The van der Waals surface area contributed by atoms with E-state index in [9.17, 15) is 0 Å². The summed E-state index contributed by atoms with van der Waals surface area (Å²) in [6.45, 7) is 9.02. The van der Waals surface area contributed by atoms with E-state index in [4.69, 9.17) is 9.97 Å². The lowest BCUT2D eigenvalue weighted by atomic mass is 9.99. The van der Waals surface area contributed by atoms with Crippen LogP contribution in [0.25, 0.3) is 11.3 Å². The van der Waals surface area contributed by atoms with Gasteiger partial charge in [0.15, 0.2) is 0 Å². The van der Waals surface area contributed by atoms with Gasteiger partial charge in [-0.05, 0) is 37.5 Å². The van der Waals surface area contributed by atoms with Gasteiger partial charge in [0, 0.05) is 37.8 Å². The summed E-state index contributed by atoms with van der Waals surface area (Å²) in [5.41, 5.74) is 2.22. The van der Waals surface area contributed by atoms with E-state index in [-0.39, 0.29) is 0 Å². The number of nitrogens with zero attached hydrogens (tertiary/aromatic N) is 4. The van der Waals surface area contributed by atoms with Crippen molar-refractivity contribution >= 4 is 11.8 Å². The molecule has 0 N–H and O–H groups in total. The Morgan fingerprint density at radius 1 is 0.846 bits per heavy atom. The van der Waals surface area contributed by atoms with E-state index in [1.807, 2.05) is 0 Å². The SMILES string of the molecule is CC1CCN(c2nc(-c3ccccc3)cc(N3CCCC(C)C3)n2)CC1. The van der Waals surface area contributed by atoms with E-state index >= 15 is 0 Å². The molecule has 2 fully saturated rings. The fourth-order valence-electron chi connectivity index (χ4n) is 4.09. The quantitative estimate of drug-likeness (QED) is 0.809. The summed E-state index contributed by atoms with van der Waals surface area (Å²) < 4.78 is 0. The Morgan fingerprint density at radius 2 is 1.62 bits per heavy atom. The molecular weight excluding hydrogens is 320 g/mol. The third-order valence-corrected chi connectivity index (χ3v) is 5.82. The molecule has 4 nitrogen and oxygen atoms in total. The number of hydrogen-bond acceptors (Lipinski definition) is 4. The van der Waals surface area contributed by atoms with Gasteiger partial charge in [-0.3, -0.25) is 0 Å². The van der Waals surface area contributed by atoms with Gasteiger partial charge in [-0.1, -0.05) is 44.2 Å². The van der Waals surface area contributed by atoms with Crippen LogP contribution < -0.4 is 9.80 Å². The summed E-state index contributed by atoms with van der Waals surface area (Å²) in [5, 5.41) is 0. The molecule has 0 bridgehead atoms. The molecule has 2 aliphatic rings. The molecule has 4 rings (SSSR count). The molecule has 1 aromatic heterocycles. The number of aromatic nitrogens is 2. The zero-order chi connectivity index (χ0) is 17.9. The highest BCUT2D eigenvalue weighted by atomic mass is 15.3. The highest BCUT2D eigenvalue weighted by molar-refractivity contribution is 5.65. The van der Waals surface area contributed by atoms with E-state index in [1.165, 1.54) is 31.2 Å². The van der Waals surface area contributed by atoms with E-state index in [2.05, 4.69) is 60.0 Å². The van der Waals surface area contributed by atoms with Gasteiger partial charge in [0.1, 0.15) is 5.82 Å². The summed E-state index contributed by atoms with van der Waals surface area (Å²) >= 11 is 0. The lowest BCUT2D eigenvalue weighted by Gasteiger charge is -2.34. The molecule has 4 heteroatoms.